The average Bonchev–Trinajstić information content (AvgIpc) is 3.00. The van der Waals surface area contributed by atoms with Crippen LogP contribution in [0.2, 0.25) is 0 Å². The molecule has 0 atom stereocenters. The molecule has 0 radical (unpaired) electrons. The molecular weight excluding hydrogens is 364 g/mol. The first kappa shape index (κ1) is 18.1. The molecule has 0 bridgehead atoms. The molecule has 2 aromatic carbocycles. The Morgan fingerprint density at radius 1 is 1.12 bits per heavy atom. The van der Waals surface area contributed by atoms with E-state index >= 15 is 0 Å². The fourth-order valence-electron chi connectivity index (χ4n) is 2.59. The van der Waals surface area contributed by atoms with Crippen molar-refractivity contribution >= 4 is 10.0 Å². The lowest BCUT2D eigenvalue weighted by molar-refractivity contribution is 0.580. The van der Waals surface area contributed by atoms with Crippen molar-refractivity contribution in [1.82, 2.24) is 24.9 Å². The Bertz CT molecular complexity index is 1050. The highest BCUT2D eigenvalue weighted by atomic mass is 32.2. The van der Waals surface area contributed by atoms with Crippen LogP contribution in [0.3, 0.4) is 0 Å². The van der Waals surface area contributed by atoms with Gasteiger partial charge < -0.3 is 0 Å². The molecule has 1 N–H and O–H groups in total. The monoisotopic (exact) mass is 379 g/mol. The van der Waals surface area contributed by atoms with Crippen LogP contribution in [0, 0.1) is 11.6 Å². The second-order valence-electron chi connectivity index (χ2n) is 5.61. The Kier molecular flexibility index (Phi) is 4.79. The molecule has 10 heteroatoms. The minimum Gasteiger partial charge on any atom is -0.229 e. The average molecular weight is 379 g/mol. The maximum Gasteiger partial charge on any atom is 0.240 e. The van der Waals surface area contributed by atoms with Crippen molar-refractivity contribution in [3.05, 3.63) is 59.2 Å². The molecule has 0 fully saturated rings. The zero-order valence-electron chi connectivity index (χ0n) is 13.9. The highest BCUT2D eigenvalue weighted by Gasteiger charge is 2.18. The molecule has 0 unspecified atom stereocenters. The van der Waals surface area contributed by atoms with Gasteiger partial charge in [0.05, 0.1) is 4.90 Å². The van der Waals surface area contributed by atoms with Crippen LogP contribution in [-0.2, 0) is 23.5 Å². The van der Waals surface area contributed by atoms with Crippen LogP contribution in [0.15, 0.2) is 41.3 Å². The Morgan fingerprint density at radius 3 is 2.38 bits per heavy atom. The van der Waals surface area contributed by atoms with Crippen molar-refractivity contribution in [3.63, 3.8) is 0 Å². The SMILES string of the molecule is CNS(=O)(=O)c1ccc(Cc2cc(F)cc(F)c2)c(-c2nnnn2C)c1. The van der Waals surface area contributed by atoms with Crippen LogP contribution < -0.4 is 4.72 Å². The molecule has 0 saturated carbocycles. The first-order valence-corrected chi connectivity index (χ1v) is 9.02. The summed E-state index contributed by atoms with van der Waals surface area (Å²) < 4.78 is 54.8. The predicted octanol–water partition coefficient (Wildman–Crippen LogP) is 1.65. The van der Waals surface area contributed by atoms with Crippen molar-refractivity contribution in [2.24, 2.45) is 7.05 Å². The summed E-state index contributed by atoms with van der Waals surface area (Å²) in [5.41, 5.74) is 1.49. The van der Waals surface area contributed by atoms with Crippen LogP contribution in [0.4, 0.5) is 8.78 Å². The number of hydrogen-bond donors (Lipinski definition) is 1. The fraction of sp³-hybridized carbons (Fsp3) is 0.188. The van der Waals surface area contributed by atoms with Gasteiger partial charge in [0.15, 0.2) is 5.82 Å². The van der Waals surface area contributed by atoms with E-state index in [0.29, 0.717) is 22.5 Å². The van der Waals surface area contributed by atoms with E-state index in [2.05, 4.69) is 20.2 Å². The van der Waals surface area contributed by atoms with E-state index in [-0.39, 0.29) is 11.3 Å². The summed E-state index contributed by atoms with van der Waals surface area (Å²) >= 11 is 0. The number of benzene rings is 2. The number of hydrogen-bond acceptors (Lipinski definition) is 5. The molecule has 0 aliphatic rings. The number of aryl methyl sites for hydroxylation is 1. The van der Waals surface area contributed by atoms with E-state index < -0.39 is 21.7 Å². The second kappa shape index (κ2) is 6.89. The molecule has 0 amide bonds. The molecule has 7 nitrogen and oxygen atoms in total. The normalized spacial score (nSPS) is 11.7. The van der Waals surface area contributed by atoms with Gasteiger partial charge in [-0.15, -0.1) is 5.10 Å². The van der Waals surface area contributed by atoms with Crippen LogP contribution in [-0.4, -0.2) is 35.7 Å². The molecule has 3 rings (SSSR count). The smallest absolute Gasteiger partial charge is 0.229 e. The number of nitrogens with zero attached hydrogens (tertiary/aromatic N) is 4. The van der Waals surface area contributed by atoms with E-state index in [1.807, 2.05) is 0 Å². The molecule has 1 heterocycles. The summed E-state index contributed by atoms with van der Waals surface area (Å²) in [7, 11) is -0.756. The van der Waals surface area contributed by atoms with Crippen LogP contribution in [0.25, 0.3) is 11.4 Å². The summed E-state index contributed by atoms with van der Waals surface area (Å²) in [5.74, 6) is -1.03. The van der Waals surface area contributed by atoms with Crippen molar-refractivity contribution in [2.75, 3.05) is 7.05 Å². The predicted molar refractivity (Wildman–Crippen MR) is 89.6 cm³/mol. The number of nitrogens with one attached hydrogen (secondary N) is 1. The summed E-state index contributed by atoms with van der Waals surface area (Å²) in [6.45, 7) is 0. The third kappa shape index (κ3) is 3.60. The Morgan fingerprint density at radius 2 is 1.81 bits per heavy atom. The Labute approximate surface area is 148 Å². The van der Waals surface area contributed by atoms with Gasteiger partial charge in [0.1, 0.15) is 11.6 Å². The topological polar surface area (TPSA) is 89.8 Å². The lowest BCUT2D eigenvalue weighted by atomic mass is 9.99. The fourth-order valence-corrected chi connectivity index (χ4v) is 3.35. The molecule has 0 aliphatic carbocycles. The van der Waals surface area contributed by atoms with Gasteiger partial charge in [0, 0.05) is 18.7 Å². The van der Waals surface area contributed by atoms with Gasteiger partial charge in [-0.25, -0.2) is 26.6 Å². The lowest BCUT2D eigenvalue weighted by Gasteiger charge is -2.11. The molecule has 136 valence electrons. The first-order valence-electron chi connectivity index (χ1n) is 7.54. The van der Waals surface area contributed by atoms with Gasteiger partial charge in [-0.2, -0.15) is 0 Å². The standard InChI is InChI=1S/C16H15F2N5O2S/c1-19-26(24,25)14-4-3-11(5-10-6-12(17)8-13(18)7-10)15(9-14)16-20-21-22-23(16)2/h3-4,6-9,19H,5H2,1-2H3. The van der Waals surface area contributed by atoms with Crippen molar-refractivity contribution in [1.29, 1.82) is 0 Å². The molecule has 1 aromatic heterocycles. The zero-order chi connectivity index (χ0) is 18.9. The van der Waals surface area contributed by atoms with Crippen molar-refractivity contribution in [2.45, 2.75) is 11.3 Å². The molecule has 26 heavy (non-hydrogen) atoms. The lowest BCUT2D eigenvalue weighted by Crippen LogP contribution is -2.18. The minimum atomic E-state index is -3.68. The van der Waals surface area contributed by atoms with Gasteiger partial charge in [-0.05, 0) is 59.3 Å². The molecule has 0 aliphatic heterocycles. The zero-order valence-corrected chi connectivity index (χ0v) is 14.8. The highest BCUT2D eigenvalue weighted by molar-refractivity contribution is 7.89. The second-order valence-corrected chi connectivity index (χ2v) is 7.49. The van der Waals surface area contributed by atoms with E-state index in [9.17, 15) is 17.2 Å². The molecular formula is C16H15F2N5O2S. The number of halogens is 2. The van der Waals surface area contributed by atoms with Crippen molar-refractivity contribution < 1.29 is 17.2 Å². The molecule has 0 saturated heterocycles. The Balaban J connectivity index is 2.14. The van der Waals surface area contributed by atoms with Crippen LogP contribution in [0.1, 0.15) is 11.1 Å². The summed E-state index contributed by atoms with van der Waals surface area (Å²) in [6.07, 6.45) is 0.177. The summed E-state index contributed by atoms with van der Waals surface area (Å²) in [5, 5.41) is 11.2. The van der Waals surface area contributed by atoms with Crippen LogP contribution in [0.5, 0.6) is 0 Å². The van der Waals surface area contributed by atoms with Gasteiger partial charge in [-0.1, -0.05) is 6.07 Å². The van der Waals surface area contributed by atoms with Gasteiger partial charge in [0.25, 0.3) is 0 Å². The van der Waals surface area contributed by atoms with Crippen molar-refractivity contribution in [3.8, 4) is 11.4 Å². The maximum absolute atomic E-state index is 13.5. The largest absolute Gasteiger partial charge is 0.240 e. The third-order valence-corrected chi connectivity index (χ3v) is 5.25. The van der Waals surface area contributed by atoms with Gasteiger partial charge in [0.2, 0.25) is 10.0 Å². The first-order chi connectivity index (χ1) is 12.3. The number of sulfonamides is 1. The quantitative estimate of drug-likeness (QED) is 0.728. The highest BCUT2D eigenvalue weighted by Crippen LogP contribution is 2.27. The number of aromatic nitrogens is 4. The van der Waals surface area contributed by atoms with Gasteiger partial charge >= 0.3 is 0 Å². The minimum absolute atomic E-state index is 0.0344. The third-order valence-electron chi connectivity index (χ3n) is 3.84. The molecule has 3 aromatic rings. The number of rotatable bonds is 5. The van der Waals surface area contributed by atoms with E-state index in [4.69, 9.17) is 0 Å². The Hall–Kier alpha value is -2.72. The van der Waals surface area contributed by atoms with E-state index in [1.54, 1.807) is 13.1 Å². The maximum atomic E-state index is 13.5. The van der Waals surface area contributed by atoms with Gasteiger partial charge in [-0.3, -0.25) is 0 Å². The summed E-state index contributed by atoms with van der Waals surface area (Å²) in [6, 6.07) is 7.67. The van der Waals surface area contributed by atoms with E-state index in [0.717, 1.165) is 6.07 Å². The molecule has 0 spiro atoms. The van der Waals surface area contributed by atoms with Crippen LogP contribution >= 0.6 is 0 Å². The van der Waals surface area contributed by atoms with E-state index in [1.165, 1.54) is 36.0 Å². The number of tetrazole rings is 1. The summed E-state index contributed by atoms with van der Waals surface area (Å²) in [4.78, 5) is 0.0344.